The van der Waals surface area contributed by atoms with Crippen molar-refractivity contribution in [3.8, 4) is 0 Å². The maximum absolute atomic E-state index is 13.7. The Bertz CT molecular complexity index is 535. The Morgan fingerprint density at radius 3 is 3.00 bits per heavy atom. The molecular formula is C13H15FN2O4. The Morgan fingerprint density at radius 2 is 2.35 bits per heavy atom. The number of halogens is 1. The fraction of sp³-hybridized carbons (Fsp3) is 0.462. The normalized spacial score (nSPS) is 18.9. The van der Waals surface area contributed by atoms with Crippen LogP contribution in [0.3, 0.4) is 0 Å². The number of morpholine rings is 1. The van der Waals surface area contributed by atoms with Gasteiger partial charge in [0.05, 0.1) is 23.2 Å². The van der Waals surface area contributed by atoms with Gasteiger partial charge in [-0.25, -0.2) is 4.39 Å². The zero-order valence-electron chi connectivity index (χ0n) is 11.0. The van der Waals surface area contributed by atoms with Gasteiger partial charge in [0.25, 0.3) is 11.6 Å². The van der Waals surface area contributed by atoms with Gasteiger partial charge in [0.15, 0.2) is 0 Å². The molecule has 1 unspecified atom stereocenters. The number of non-ortho nitro benzene ring substituents is 1. The Labute approximate surface area is 115 Å². The van der Waals surface area contributed by atoms with E-state index in [-0.39, 0.29) is 17.4 Å². The maximum Gasteiger partial charge on any atom is 0.270 e. The fourth-order valence-electron chi connectivity index (χ4n) is 2.11. The molecule has 0 aromatic heterocycles. The number of nitro benzene ring substituents is 1. The van der Waals surface area contributed by atoms with E-state index in [1.807, 2.05) is 6.92 Å². The number of amides is 1. The average Bonchev–Trinajstić information content (AvgIpc) is 2.46. The van der Waals surface area contributed by atoms with Crippen molar-refractivity contribution in [3.63, 3.8) is 0 Å². The molecule has 1 atom stereocenters. The third-order valence-electron chi connectivity index (χ3n) is 3.27. The van der Waals surface area contributed by atoms with Crippen molar-refractivity contribution < 1.29 is 18.8 Å². The quantitative estimate of drug-likeness (QED) is 0.627. The third kappa shape index (κ3) is 2.93. The first-order valence-electron chi connectivity index (χ1n) is 6.37. The summed E-state index contributed by atoms with van der Waals surface area (Å²) in [6.45, 7) is 3.06. The van der Waals surface area contributed by atoms with Gasteiger partial charge in [-0.3, -0.25) is 14.9 Å². The number of rotatable bonds is 3. The summed E-state index contributed by atoms with van der Waals surface area (Å²) in [5, 5.41) is 10.7. The Morgan fingerprint density at radius 1 is 1.60 bits per heavy atom. The summed E-state index contributed by atoms with van der Waals surface area (Å²) in [6, 6.07) is 2.97. The van der Waals surface area contributed by atoms with Gasteiger partial charge >= 0.3 is 0 Å². The molecule has 2 rings (SSSR count). The Balaban J connectivity index is 2.24. The molecule has 1 aliphatic rings. The monoisotopic (exact) mass is 282 g/mol. The summed E-state index contributed by atoms with van der Waals surface area (Å²) < 4.78 is 19.2. The highest BCUT2D eigenvalue weighted by Crippen LogP contribution is 2.20. The molecule has 0 saturated carbocycles. The van der Waals surface area contributed by atoms with Gasteiger partial charge in [-0.1, -0.05) is 6.92 Å². The number of hydrogen-bond donors (Lipinski definition) is 0. The standard InChI is InChI=1S/C13H15FN2O4/c1-2-10-8-15(5-6-20-10)13(17)11-7-9(16(18)19)3-4-12(11)14/h3-4,7,10H,2,5-6,8H2,1H3. The third-order valence-corrected chi connectivity index (χ3v) is 3.27. The second-order valence-electron chi connectivity index (χ2n) is 4.57. The highest BCUT2D eigenvalue weighted by atomic mass is 19.1. The Kier molecular flexibility index (Phi) is 4.29. The minimum absolute atomic E-state index is 0.0746. The molecule has 108 valence electrons. The molecule has 1 heterocycles. The summed E-state index contributed by atoms with van der Waals surface area (Å²) in [7, 11) is 0. The second kappa shape index (κ2) is 5.96. The van der Waals surface area contributed by atoms with E-state index in [2.05, 4.69) is 0 Å². The minimum atomic E-state index is -0.750. The van der Waals surface area contributed by atoms with Crippen LogP contribution in [-0.4, -0.2) is 41.5 Å². The number of ether oxygens (including phenoxy) is 1. The van der Waals surface area contributed by atoms with Gasteiger partial charge in [-0.05, 0) is 12.5 Å². The molecule has 20 heavy (non-hydrogen) atoms. The molecule has 1 aromatic rings. The van der Waals surface area contributed by atoms with E-state index in [4.69, 9.17) is 4.74 Å². The lowest BCUT2D eigenvalue weighted by Crippen LogP contribution is -2.45. The first-order valence-corrected chi connectivity index (χ1v) is 6.37. The number of nitro groups is 1. The van der Waals surface area contributed by atoms with Crippen molar-refractivity contribution in [2.24, 2.45) is 0 Å². The van der Waals surface area contributed by atoms with E-state index in [9.17, 15) is 19.3 Å². The van der Waals surface area contributed by atoms with Crippen LogP contribution < -0.4 is 0 Å². The minimum Gasteiger partial charge on any atom is -0.375 e. The molecule has 1 aromatic carbocycles. The molecule has 0 aliphatic carbocycles. The van der Waals surface area contributed by atoms with Crippen molar-refractivity contribution in [3.05, 3.63) is 39.7 Å². The van der Waals surface area contributed by atoms with E-state index in [0.717, 1.165) is 24.6 Å². The van der Waals surface area contributed by atoms with Crippen LogP contribution in [0, 0.1) is 15.9 Å². The smallest absolute Gasteiger partial charge is 0.270 e. The van der Waals surface area contributed by atoms with Crippen LogP contribution in [0.4, 0.5) is 10.1 Å². The fourth-order valence-corrected chi connectivity index (χ4v) is 2.11. The first-order chi connectivity index (χ1) is 9.52. The molecule has 0 radical (unpaired) electrons. The lowest BCUT2D eigenvalue weighted by atomic mass is 10.1. The van der Waals surface area contributed by atoms with Crippen molar-refractivity contribution in [2.45, 2.75) is 19.4 Å². The van der Waals surface area contributed by atoms with Crippen LogP contribution in [0.2, 0.25) is 0 Å². The molecular weight excluding hydrogens is 267 g/mol. The van der Waals surface area contributed by atoms with Gasteiger partial charge in [0.2, 0.25) is 0 Å². The average molecular weight is 282 g/mol. The lowest BCUT2D eigenvalue weighted by Gasteiger charge is -2.32. The van der Waals surface area contributed by atoms with Crippen LogP contribution in [-0.2, 0) is 4.74 Å². The molecule has 1 saturated heterocycles. The summed E-state index contributed by atoms with van der Waals surface area (Å²) in [5.41, 5.74) is -0.564. The van der Waals surface area contributed by atoms with Crippen molar-refractivity contribution in [1.29, 1.82) is 0 Å². The molecule has 1 fully saturated rings. The van der Waals surface area contributed by atoms with Crippen LogP contribution in [0.1, 0.15) is 23.7 Å². The molecule has 6 nitrogen and oxygen atoms in total. The molecule has 1 amide bonds. The van der Waals surface area contributed by atoms with E-state index in [1.165, 1.54) is 4.90 Å². The van der Waals surface area contributed by atoms with Crippen molar-refractivity contribution >= 4 is 11.6 Å². The van der Waals surface area contributed by atoms with E-state index in [0.29, 0.717) is 19.7 Å². The Hall–Kier alpha value is -2.02. The largest absolute Gasteiger partial charge is 0.375 e. The summed E-state index contributed by atoms with van der Waals surface area (Å²) in [5.74, 6) is -1.28. The van der Waals surface area contributed by atoms with Gasteiger partial charge in [-0.2, -0.15) is 0 Å². The highest BCUT2D eigenvalue weighted by molar-refractivity contribution is 5.95. The number of benzene rings is 1. The van der Waals surface area contributed by atoms with Gasteiger partial charge < -0.3 is 9.64 Å². The van der Waals surface area contributed by atoms with Crippen molar-refractivity contribution in [1.82, 2.24) is 4.90 Å². The van der Waals surface area contributed by atoms with Gasteiger partial charge in [0.1, 0.15) is 5.82 Å². The van der Waals surface area contributed by atoms with Crippen LogP contribution in [0.25, 0.3) is 0 Å². The predicted molar refractivity (Wildman–Crippen MR) is 69.0 cm³/mol. The second-order valence-corrected chi connectivity index (χ2v) is 4.57. The molecule has 7 heteroatoms. The maximum atomic E-state index is 13.7. The predicted octanol–water partition coefficient (Wildman–Crippen LogP) is 1.98. The zero-order valence-corrected chi connectivity index (χ0v) is 11.0. The molecule has 0 N–H and O–H groups in total. The van der Waals surface area contributed by atoms with Crippen LogP contribution in [0.15, 0.2) is 18.2 Å². The first kappa shape index (κ1) is 14.4. The topological polar surface area (TPSA) is 72.7 Å². The molecule has 1 aliphatic heterocycles. The highest BCUT2D eigenvalue weighted by Gasteiger charge is 2.27. The van der Waals surface area contributed by atoms with E-state index in [1.54, 1.807) is 0 Å². The van der Waals surface area contributed by atoms with Crippen LogP contribution >= 0.6 is 0 Å². The molecule has 0 spiro atoms. The SMILES string of the molecule is CCC1CN(C(=O)c2cc([N+](=O)[O-])ccc2F)CCO1. The number of nitrogens with zero attached hydrogens (tertiary/aromatic N) is 2. The summed E-state index contributed by atoms with van der Waals surface area (Å²) in [6.07, 6.45) is 0.677. The van der Waals surface area contributed by atoms with Gasteiger partial charge in [0, 0.05) is 25.2 Å². The molecule has 0 bridgehead atoms. The van der Waals surface area contributed by atoms with Gasteiger partial charge in [-0.15, -0.1) is 0 Å². The van der Waals surface area contributed by atoms with Crippen molar-refractivity contribution in [2.75, 3.05) is 19.7 Å². The summed E-state index contributed by atoms with van der Waals surface area (Å²) in [4.78, 5) is 23.8. The van der Waals surface area contributed by atoms with E-state index < -0.39 is 16.6 Å². The number of carbonyl (C=O) groups excluding carboxylic acids is 1. The van der Waals surface area contributed by atoms with E-state index >= 15 is 0 Å². The zero-order chi connectivity index (χ0) is 14.7. The number of carbonyl (C=O) groups is 1. The van der Waals surface area contributed by atoms with Crippen LogP contribution in [0.5, 0.6) is 0 Å². The summed E-state index contributed by atoms with van der Waals surface area (Å²) >= 11 is 0. The number of hydrogen-bond acceptors (Lipinski definition) is 4. The lowest BCUT2D eigenvalue weighted by molar-refractivity contribution is -0.384.